The molecule has 13 heteroatoms. The average Bonchev–Trinajstić information content (AvgIpc) is 3.25. The first-order chi connectivity index (χ1) is 30.3. The summed E-state index contributed by atoms with van der Waals surface area (Å²) in [6.45, 7) is 2.71. The summed E-state index contributed by atoms with van der Waals surface area (Å²) < 4.78 is 41.8. The predicted octanol–water partition coefficient (Wildman–Crippen LogP) is 11.2. The van der Waals surface area contributed by atoms with Crippen molar-refractivity contribution in [2.45, 2.75) is 13.8 Å². The third kappa shape index (κ3) is 12.5. The second kappa shape index (κ2) is 20.9. The van der Waals surface area contributed by atoms with Gasteiger partial charge in [0.25, 0.3) is 11.1 Å². The minimum atomic E-state index is -0.361. The SMILES string of the molecule is CC(=O)Cl.CC(=O)Nc1cccc(-n2cc(-c3ccc(F)cc3)c(Oc3ccccc3)cc2=O)c1.Nc1cccc(-n2cc(-c3ccc(F)cc3)c(Oc3ccccc3)cc2=O)c1. The van der Waals surface area contributed by atoms with Gasteiger partial charge in [-0.3, -0.25) is 28.3 Å². The van der Waals surface area contributed by atoms with Gasteiger partial charge in [0.15, 0.2) is 0 Å². The maximum Gasteiger partial charge on any atom is 0.258 e. The number of nitrogens with two attached hydrogens (primary N) is 1. The van der Waals surface area contributed by atoms with Crippen LogP contribution in [0, 0.1) is 11.6 Å². The molecule has 2 heterocycles. The fraction of sp³-hybridized carbons (Fsp3) is 0.0400. The monoisotopic (exact) mass is 864 g/mol. The van der Waals surface area contributed by atoms with E-state index in [1.165, 1.54) is 59.4 Å². The highest BCUT2D eigenvalue weighted by Gasteiger charge is 2.15. The van der Waals surface area contributed by atoms with Crippen molar-refractivity contribution in [1.29, 1.82) is 0 Å². The van der Waals surface area contributed by atoms with E-state index < -0.39 is 0 Å². The van der Waals surface area contributed by atoms with Crippen LogP contribution in [0.15, 0.2) is 192 Å². The van der Waals surface area contributed by atoms with Gasteiger partial charge in [-0.25, -0.2) is 8.78 Å². The highest BCUT2D eigenvalue weighted by molar-refractivity contribution is 6.62. The number of hydrogen-bond acceptors (Lipinski definition) is 7. The summed E-state index contributed by atoms with van der Waals surface area (Å²) in [6, 6.07) is 47.1. The molecule has 63 heavy (non-hydrogen) atoms. The quantitative estimate of drug-likeness (QED) is 0.109. The Balaban J connectivity index is 0.000000194. The van der Waals surface area contributed by atoms with Crippen LogP contribution in [0.3, 0.4) is 0 Å². The summed E-state index contributed by atoms with van der Waals surface area (Å²) in [7, 11) is 0. The number of nitrogens with zero attached hydrogens (tertiary/aromatic N) is 2. The summed E-state index contributed by atoms with van der Waals surface area (Å²) in [5.41, 5.74) is 10.3. The van der Waals surface area contributed by atoms with E-state index in [1.54, 1.807) is 109 Å². The van der Waals surface area contributed by atoms with Crippen molar-refractivity contribution in [3.8, 4) is 56.6 Å². The lowest BCUT2D eigenvalue weighted by Crippen LogP contribution is -2.18. The number of benzene rings is 6. The number of nitrogens with one attached hydrogen (secondary N) is 1. The summed E-state index contributed by atoms with van der Waals surface area (Å²) in [4.78, 5) is 46.3. The maximum atomic E-state index is 13.5. The van der Waals surface area contributed by atoms with E-state index in [4.69, 9.17) is 15.2 Å². The topological polar surface area (TPSA) is 135 Å². The number of anilines is 2. The Bertz CT molecular complexity index is 2960. The fourth-order valence-corrected chi connectivity index (χ4v) is 6.14. The summed E-state index contributed by atoms with van der Waals surface area (Å²) in [6.07, 6.45) is 3.34. The molecule has 6 aromatic carbocycles. The molecule has 0 saturated heterocycles. The third-order valence-corrected chi connectivity index (χ3v) is 8.88. The van der Waals surface area contributed by atoms with Crippen molar-refractivity contribution in [3.05, 3.63) is 215 Å². The standard InChI is InChI=1S/C25H19FN2O3.C23H17FN2O2.C2H3ClO/c1-17(29)27-20-6-5-7-21(14-20)28-16-23(18-10-12-19(26)13-11-18)24(15-25(28)30)31-22-8-3-2-4-9-22;24-17-11-9-16(10-12-17)21-15-26(19-6-4-5-18(25)13-19)23(27)14-22(21)28-20-7-2-1-3-8-20;1-2(3)4/h2-16H,1H3,(H,27,29);1-15H,25H2;1H3. The molecule has 0 radical (unpaired) electrons. The number of para-hydroxylation sites is 2. The third-order valence-electron chi connectivity index (χ3n) is 8.88. The molecule has 0 aliphatic heterocycles. The lowest BCUT2D eigenvalue weighted by Gasteiger charge is -2.15. The van der Waals surface area contributed by atoms with Crippen molar-refractivity contribution < 1.29 is 27.8 Å². The maximum absolute atomic E-state index is 13.5. The minimum Gasteiger partial charge on any atom is -0.456 e. The van der Waals surface area contributed by atoms with Gasteiger partial charge in [-0.1, -0.05) is 72.8 Å². The molecule has 3 N–H and O–H groups in total. The Morgan fingerprint density at radius 3 is 1.38 bits per heavy atom. The first-order valence-electron chi connectivity index (χ1n) is 19.2. The molecule has 316 valence electrons. The molecule has 8 aromatic rings. The molecule has 0 aliphatic carbocycles. The highest BCUT2D eigenvalue weighted by Crippen LogP contribution is 2.34. The molecule has 2 aromatic heterocycles. The van der Waals surface area contributed by atoms with E-state index >= 15 is 0 Å². The summed E-state index contributed by atoms with van der Waals surface area (Å²) in [5, 5.41) is 2.35. The van der Waals surface area contributed by atoms with Gasteiger partial charge in [0.1, 0.15) is 34.6 Å². The largest absolute Gasteiger partial charge is 0.456 e. The van der Waals surface area contributed by atoms with Gasteiger partial charge in [0.05, 0.1) is 11.4 Å². The Labute approximate surface area is 366 Å². The number of carbonyl (C=O) groups is 2. The normalized spacial score (nSPS) is 10.3. The number of pyridine rings is 2. The number of carbonyl (C=O) groups excluding carboxylic acids is 2. The molecule has 0 saturated carbocycles. The predicted molar refractivity (Wildman–Crippen MR) is 243 cm³/mol. The zero-order valence-corrected chi connectivity index (χ0v) is 34.6. The average molecular weight is 865 g/mol. The Morgan fingerprint density at radius 1 is 0.556 bits per heavy atom. The van der Waals surface area contributed by atoms with Crippen molar-refractivity contribution in [2.75, 3.05) is 11.1 Å². The van der Waals surface area contributed by atoms with Gasteiger partial charge < -0.3 is 20.5 Å². The van der Waals surface area contributed by atoms with E-state index in [0.717, 1.165) is 5.56 Å². The van der Waals surface area contributed by atoms with Crippen LogP contribution in [-0.2, 0) is 9.59 Å². The molecular formula is C50H39ClF2N4O6. The number of rotatable bonds is 9. The molecule has 8 rings (SSSR count). The number of aromatic nitrogens is 2. The lowest BCUT2D eigenvalue weighted by atomic mass is 10.1. The molecular weight excluding hydrogens is 826 g/mol. The number of hydrogen-bond donors (Lipinski definition) is 2. The summed E-state index contributed by atoms with van der Waals surface area (Å²) >= 11 is 4.64. The number of nitrogen functional groups attached to an aromatic ring is 1. The van der Waals surface area contributed by atoms with Crippen molar-refractivity contribution >= 4 is 34.1 Å². The van der Waals surface area contributed by atoms with Gasteiger partial charge in [-0.15, -0.1) is 0 Å². The zero-order chi connectivity index (χ0) is 44.9. The van der Waals surface area contributed by atoms with Gasteiger partial charge in [0, 0.05) is 60.9 Å². The van der Waals surface area contributed by atoms with Crippen LogP contribution >= 0.6 is 11.6 Å². The van der Waals surface area contributed by atoms with Crippen LogP contribution in [0.5, 0.6) is 23.0 Å². The van der Waals surface area contributed by atoms with Crippen molar-refractivity contribution in [1.82, 2.24) is 9.13 Å². The molecule has 1 amide bonds. The van der Waals surface area contributed by atoms with Crippen LogP contribution in [0.4, 0.5) is 20.2 Å². The Hall–Kier alpha value is -8.09. The van der Waals surface area contributed by atoms with Crippen molar-refractivity contribution in [3.63, 3.8) is 0 Å². The summed E-state index contributed by atoms with van der Waals surface area (Å²) in [5.74, 6) is 1.04. The number of amides is 1. The molecule has 0 atom stereocenters. The van der Waals surface area contributed by atoms with Crippen LogP contribution in [0.1, 0.15) is 13.8 Å². The van der Waals surface area contributed by atoms with Crippen LogP contribution in [0.25, 0.3) is 33.6 Å². The van der Waals surface area contributed by atoms with Crippen molar-refractivity contribution in [2.24, 2.45) is 0 Å². The molecule has 0 bridgehead atoms. The minimum absolute atomic E-state index is 0.205. The second-order valence-electron chi connectivity index (χ2n) is 13.7. The fourth-order valence-electron chi connectivity index (χ4n) is 6.14. The van der Waals surface area contributed by atoms with E-state index in [1.807, 2.05) is 36.4 Å². The van der Waals surface area contributed by atoms with Crippen LogP contribution < -0.4 is 31.6 Å². The first kappa shape index (κ1) is 44.5. The van der Waals surface area contributed by atoms with Gasteiger partial charge in [-0.05, 0) is 108 Å². The Kier molecular flexibility index (Phi) is 14.8. The van der Waals surface area contributed by atoms with E-state index in [9.17, 15) is 28.0 Å². The number of ether oxygens (including phenoxy) is 2. The molecule has 0 aliphatic rings. The second-order valence-corrected chi connectivity index (χ2v) is 14.2. The molecule has 0 unspecified atom stereocenters. The van der Waals surface area contributed by atoms with E-state index in [2.05, 4.69) is 16.9 Å². The first-order valence-corrected chi connectivity index (χ1v) is 19.6. The van der Waals surface area contributed by atoms with Gasteiger partial charge in [0.2, 0.25) is 11.1 Å². The van der Waals surface area contributed by atoms with Gasteiger partial charge in [-0.2, -0.15) is 0 Å². The molecule has 0 fully saturated rings. The Morgan fingerprint density at radius 2 is 0.968 bits per heavy atom. The van der Waals surface area contributed by atoms with E-state index in [0.29, 0.717) is 62.4 Å². The molecule has 0 spiro atoms. The zero-order valence-electron chi connectivity index (χ0n) is 33.9. The smallest absolute Gasteiger partial charge is 0.258 e. The van der Waals surface area contributed by atoms with Crippen LogP contribution in [0.2, 0.25) is 0 Å². The number of halogens is 3. The lowest BCUT2D eigenvalue weighted by molar-refractivity contribution is -0.114. The molecule has 10 nitrogen and oxygen atoms in total. The highest BCUT2D eigenvalue weighted by atomic mass is 35.5. The van der Waals surface area contributed by atoms with E-state index in [-0.39, 0.29) is 33.9 Å². The van der Waals surface area contributed by atoms with Crippen LogP contribution in [-0.4, -0.2) is 20.3 Å². The van der Waals surface area contributed by atoms with Gasteiger partial charge >= 0.3 is 0 Å².